The minimum atomic E-state index is -3.88. The van der Waals surface area contributed by atoms with E-state index in [1.807, 2.05) is 32.0 Å². The largest absolute Gasteiger partial charge is 0.332 e. The molecule has 0 bridgehead atoms. The van der Waals surface area contributed by atoms with E-state index < -0.39 is 15.8 Å². The van der Waals surface area contributed by atoms with Gasteiger partial charge in [-0.1, -0.05) is 18.2 Å². The maximum atomic E-state index is 13.1. The summed E-state index contributed by atoms with van der Waals surface area (Å²) in [5, 5.41) is 6.42. The van der Waals surface area contributed by atoms with Gasteiger partial charge in [0.05, 0.1) is 16.3 Å². The summed E-state index contributed by atoms with van der Waals surface area (Å²) < 4.78 is 40.8. The fourth-order valence-electron chi connectivity index (χ4n) is 2.60. The van der Waals surface area contributed by atoms with Crippen LogP contribution in [0.2, 0.25) is 0 Å². The van der Waals surface area contributed by atoms with Crippen LogP contribution in [-0.2, 0) is 10.0 Å². The number of halogens is 1. The Balaban J connectivity index is 1.77. The number of hydrogen-bond donors (Lipinski definition) is 3. The summed E-state index contributed by atoms with van der Waals surface area (Å²) in [6.45, 7) is 4.04. The van der Waals surface area contributed by atoms with Crippen LogP contribution in [-0.4, -0.2) is 13.5 Å². The van der Waals surface area contributed by atoms with Gasteiger partial charge in [-0.15, -0.1) is 0 Å². The van der Waals surface area contributed by atoms with Crippen molar-refractivity contribution in [2.45, 2.75) is 18.7 Å². The summed E-state index contributed by atoms with van der Waals surface area (Å²) in [4.78, 5) is -0.0375. The average molecular weight is 430 g/mol. The third-order valence-electron chi connectivity index (χ3n) is 4.31. The van der Waals surface area contributed by atoms with E-state index in [2.05, 4.69) is 15.4 Å². The van der Waals surface area contributed by atoms with Crippen LogP contribution in [0.3, 0.4) is 0 Å². The Bertz CT molecular complexity index is 1150. The molecule has 0 spiro atoms. The molecule has 3 aromatic rings. The van der Waals surface area contributed by atoms with Crippen LogP contribution in [0, 0.1) is 19.7 Å². The molecular weight excluding hydrogens is 409 g/mol. The maximum Gasteiger partial charge on any atom is 0.261 e. The van der Waals surface area contributed by atoms with E-state index in [4.69, 9.17) is 12.2 Å². The van der Waals surface area contributed by atoms with Crippen molar-refractivity contribution in [1.29, 1.82) is 0 Å². The van der Waals surface area contributed by atoms with Gasteiger partial charge >= 0.3 is 0 Å². The third kappa shape index (κ3) is 5.30. The number of para-hydroxylation sites is 2. The third-order valence-corrected chi connectivity index (χ3v) is 5.89. The van der Waals surface area contributed by atoms with E-state index in [9.17, 15) is 12.8 Å². The minimum absolute atomic E-state index is 0.0375. The van der Waals surface area contributed by atoms with Crippen molar-refractivity contribution in [1.82, 2.24) is 0 Å². The lowest BCUT2D eigenvalue weighted by atomic mass is 10.1. The van der Waals surface area contributed by atoms with Crippen LogP contribution in [0.5, 0.6) is 0 Å². The normalized spacial score (nSPS) is 11.0. The van der Waals surface area contributed by atoms with Gasteiger partial charge in [-0.25, -0.2) is 12.8 Å². The average Bonchev–Trinajstić information content (AvgIpc) is 2.66. The van der Waals surface area contributed by atoms with Gasteiger partial charge in [-0.3, -0.25) is 4.72 Å². The van der Waals surface area contributed by atoms with E-state index in [0.29, 0.717) is 16.5 Å². The zero-order valence-electron chi connectivity index (χ0n) is 15.9. The van der Waals surface area contributed by atoms with Crippen molar-refractivity contribution in [2.75, 3.05) is 15.4 Å². The van der Waals surface area contributed by atoms with E-state index >= 15 is 0 Å². The Morgan fingerprint density at radius 2 is 1.52 bits per heavy atom. The minimum Gasteiger partial charge on any atom is -0.332 e. The van der Waals surface area contributed by atoms with Crippen LogP contribution in [0.1, 0.15) is 11.1 Å². The predicted molar refractivity (Wildman–Crippen MR) is 119 cm³/mol. The Labute approximate surface area is 175 Å². The predicted octanol–water partition coefficient (Wildman–Crippen LogP) is 5.05. The molecule has 0 aliphatic heterocycles. The highest BCUT2D eigenvalue weighted by Crippen LogP contribution is 2.25. The van der Waals surface area contributed by atoms with Crippen LogP contribution >= 0.6 is 12.2 Å². The number of nitrogens with one attached hydrogen (secondary N) is 3. The second-order valence-corrected chi connectivity index (χ2v) is 8.57. The molecule has 3 N–H and O–H groups in total. The highest BCUT2D eigenvalue weighted by atomic mass is 32.2. The van der Waals surface area contributed by atoms with Crippen molar-refractivity contribution in [2.24, 2.45) is 0 Å². The smallest absolute Gasteiger partial charge is 0.261 e. The molecule has 0 aliphatic carbocycles. The quantitative estimate of drug-likeness (QED) is 0.495. The number of benzene rings is 3. The maximum absolute atomic E-state index is 13.1. The molecule has 0 atom stereocenters. The highest BCUT2D eigenvalue weighted by Gasteiger charge is 2.16. The van der Waals surface area contributed by atoms with E-state index in [1.165, 1.54) is 17.7 Å². The first kappa shape index (κ1) is 20.8. The zero-order valence-corrected chi connectivity index (χ0v) is 17.5. The molecule has 0 radical (unpaired) electrons. The molecule has 150 valence electrons. The molecule has 8 heteroatoms. The van der Waals surface area contributed by atoms with Crippen molar-refractivity contribution in [3.63, 3.8) is 0 Å². The number of thiocarbonyl (C=S) groups is 1. The molecule has 3 rings (SSSR count). The molecular formula is C21H20FN3O2S2. The van der Waals surface area contributed by atoms with Gasteiger partial charge in [0.15, 0.2) is 5.11 Å². The topological polar surface area (TPSA) is 70.2 Å². The molecule has 5 nitrogen and oxygen atoms in total. The molecule has 0 saturated heterocycles. The number of rotatable bonds is 5. The van der Waals surface area contributed by atoms with Crippen LogP contribution < -0.4 is 15.4 Å². The van der Waals surface area contributed by atoms with Crippen molar-refractivity contribution >= 4 is 44.4 Å². The first-order valence-electron chi connectivity index (χ1n) is 8.77. The van der Waals surface area contributed by atoms with Crippen LogP contribution in [0.25, 0.3) is 0 Å². The Hall–Kier alpha value is -2.97. The summed E-state index contributed by atoms with van der Waals surface area (Å²) in [6, 6.07) is 17.3. The van der Waals surface area contributed by atoms with Crippen molar-refractivity contribution in [3.8, 4) is 0 Å². The van der Waals surface area contributed by atoms with Crippen LogP contribution in [0.4, 0.5) is 21.5 Å². The Morgan fingerprint density at radius 1 is 0.862 bits per heavy atom. The summed E-state index contributed by atoms with van der Waals surface area (Å²) in [6.07, 6.45) is 0. The SMILES string of the molecule is Cc1ccc(NC(=S)Nc2ccccc2NS(=O)(=O)c2ccc(F)cc2)cc1C. The van der Waals surface area contributed by atoms with Crippen molar-refractivity contribution < 1.29 is 12.8 Å². The van der Waals surface area contributed by atoms with Gasteiger partial charge in [0, 0.05) is 5.69 Å². The number of hydrogen-bond acceptors (Lipinski definition) is 3. The standard InChI is InChI=1S/C21H20FN3O2S2/c1-14-7-10-17(13-15(14)2)23-21(28)24-19-5-3-4-6-20(19)25-29(26,27)18-11-8-16(22)9-12-18/h3-13,25H,1-2H3,(H2,23,24,28). The second kappa shape index (κ2) is 8.59. The Kier molecular flexibility index (Phi) is 6.14. The molecule has 0 unspecified atom stereocenters. The fourth-order valence-corrected chi connectivity index (χ4v) is 3.91. The van der Waals surface area contributed by atoms with E-state index in [0.717, 1.165) is 23.4 Å². The fraction of sp³-hybridized carbons (Fsp3) is 0.0952. The van der Waals surface area contributed by atoms with Gasteiger partial charge in [0.1, 0.15) is 5.82 Å². The molecule has 0 heterocycles. The summed E-state index contributed by atoms with van der Waals surface area (Å²) >= 11 is 5.36. The molecule has 0 aromatic heterocycles. The lowest BCUT2D eigenvalue weighted by molar-refractivity contribution is 0.599. The summed E-state index contributed by atoms with van der Waals surface area (Å²) in [7, 11) is -3.88. The lowest BCUT2D eigenvalue weighted by Gasteiger charge is -2.16. The van der Waals surface area contributed by atoms with Gasteiger partial charge in [-0.2, -0.15) is 0 Å². The van der Waals surface area contributed by atoms with E-state index in [-0.39, 0.29) is 4.90 Å². The lowest BCUT2D eigenvalue weighted by Crippen LogP contribution is -2.21. The monoisotopic (exact) mass is 429 g/mol. The molecule has 29 heavy (non-hydrogen) atoms. The number of aryl methyl sites for hydroxylation is 2. The molecule has 0 amide bonds. The van der Waals surface area contributed by atoms with E-state index in [1.54, 1.807) is 24.3 Å². The molecule has 0 fully saturated rings. The Morgan fingerprint density at radius 3 is 2.17 bits per heavy atom. The highest BCUT2D eigenvalue weighted by molar-refractivity contribution is 7.92. The summed E-state index contributed by atoms with van der Waals surface area (Å²) in [5.74, 6) is -0.506. The van der Waals surface area contributed by atoms with Crippen molar-refractivity contribution in [3.05, 3.63) is 83.7 Å². The van der Waals surface area contributed by atoms with Gasteiger partial charge in [-0.05, 0) is 85.7 Å². The van der Waals surface area contributed by atoms with Gasteiger partial charge in [0.25, 0.3) is 10.0 Å². The molecule has 0 saturated carbocycles. The number of sulfonamides is 1. The van der Waals surface area contributed by atoms with Gasteiger partial charge < -0.3 is 10.6 Å². The first-order valence-corrected chi connectivity index (χ1v) is 10.7. The number of anilines is 3. The summed E-state index contributed by atoms with van der Waals surface area (Å²) in [5.41, 5.74) is 3.94. The van der Waals surface area contributed by atoms with Gasteiger partial charge in [0.2, 0.25) is 0 Å². The molecule has 3 aromatic carbocycles. The van der Waals surface area contributed by atoms with Crippen LogP contribution in [0.15, 0.2) is 71.6 Å². The first-order chi connectivity index (χ1) is 13.7. The molecule has 0 aliphatic rings. The zero-order chi connectivity index (χ0) is 21.0. The second-order valence-electron chi connectivity index (χ2n) is 6.48.